The van der Waals surface area contributed by atoms with Crippen LogP contribution in [0, 0.1) is 0 Å². The first kappa shape index (κ1) is 19.7. The average molecular weight is 392 g/mol. The van der Waals surface area contributed by atoms with Gasteiger partial charge in [0.2, 0.25) is 5.91 Å². The Morgan fingerprint density at radius 2 is 1.89 bits per heavy atom. The molecule has 0 saturated heterocycles. The molecule has 0 saturated carbocycles. The van der Waals surface area contributed by atoms with Crippen LogP contribution in [0.15, 0.2) is 41.3 Å². The zero-order chi connectivity index (χ0) is 20.5. The van der Waals surface area contributed by atoms with Gasteiger partial charge >= 0.3 is 6.18 Å². The molecule has 0 aliphatic carbocycles. The second-order valence-corrected chi connectivity index (χ2v) is 6.43. The largest absolute Gasteiger partial charge is 0.417 e. The lowest BCUT2D eigenvalue weighted by Gasteiger charge is -2.12. The molecule has 0 unspecified atom stereocenters. The second kappa shape index (κ2) is 7.49. The van der Waals surface area contributed by atoms with E-state index in [0.717, 1.165) is 16.6 Å². The van der Waals surface area contributed by atoms with E-state index in [4.69, 9.17) is 0 Å². The number of hydrogen-bond acceptors (Lipinski definition) is 3. The number of aromatic nitrogens is 3. The molecular formula is C19H19F3N4O2. The first-order valence-electron chi connectivity index (χ1n) is 8.72. The Kier molecular flexibility index (Phi) is 5.26. The van der Waals surface area contributed by atoms with E-state index in [-0.39, 0.29) is 29.9 Å². The smallest absolute Gasteiger partial charge is 0.326 e. The molecule has 1 amide bonds. The van der Waals surface area contributed by atoms with Gasteiger partial charge in [-0.05, 0) is 24.1 Å². The molecule has 0 spiro atoms. The molecule has 0 aliphatic rings. The number of alkyl halides is 3. The molecule has 6 nitrogen and oxygen atoms in total. The van der Waals surface area contributed by atoms with E-state index in [9.17, 15) is 22.8 Å². The Bertz CT molecular complexity index is 1070. The van der Waals surface area contributed by atoms with Crippen molar-refractivity contribution in [3.05, 3.63) is 58.0 Å². The molecule has 2 aromatic heterocycles. The van der Waals surface area contributed by atoms with Crippen molar-refractivity contribution in [1.29, 1.82) is 0 Å². The van der Waals surface area contributed by atoms with Crippen molar-refractivity contribution < 1.29 is 18.0 Å². The number of benzene rings is 1. The summed E-state index contributed by atoms with van der Waals surface area (Å²) in [5, 5.41) is 6.51. The maximum Gasteiger partial charge on any atom is 0.417 e. The average Bonchev–Trinajstić information content (AvgIpc) is 3.01. The number of fused-ring (bicyclic) bond motifs is 1. The van der Waals surface area contributed by atoms with Gasteiger partial charge in [0.05, 0.1) is 5.56 Å². The molecule has 28 heavy (non-hydrogen) atoms. The topological polar surface area (TPSA) is 68.9 Å². The van der Waals surface area contributed by atoms with Crippen LogP contribution >= 0.6 is 0 Å². The summed E-state index contributed by atoms with van der Waals surface area (Å²) in [5.74, 6) is -0.347. The second-order valence-electron chi connectivity index (χ2n) is 6.43. The van der Waals surface area contributed by atoms with Crippen LogP contribution in [0.25, 0.3) is 11.0 Å². The van der Waals surface area contributed by atoms with Gasteiger partial charge in [-0.25, -0.2) is 0 Å². The number of nitrogens with one attached hydrogen (secondary N) is 1. The van der Waals surface area contributed by atoms with Crippen molar-refractivity contribution >= 4 is 22.6 Å². The highest BCUT2D eigenvalue weighted by molar-refractivity contribution is 5.90. The van der Waals surface area contributed by atoms with Crippen molar-refractivity contribution in [1.82, 2.24) is 14.3 Å². The molecule has 0 atom stereocenters. The molecular weight excluding hydrogens is 373 g/mol. The molecule has 1 aromatic carbocycles. The van der Waals surface area contributed by atoms with Crippen LogP contribution in [0.5, 0.6) is 0 Å². The molecule has 2 heterocycles. The third-order valence-electron chi connectivity index (χ3n) is 4.40. The van der Waals surface area contributed by atoms with Crippen LogP contribution in [-0.4, -0.2) is 20.3 Å². The standard InChI is InChI=1S/C19H19F3N4O2/c1-3-12-4-6-13(7-5-12)23-16(27)8-9-26-17(28)10-15(19(20,21)22)14-11-25(2)24-18(14)26/h4-7,10-11H,3,8-9H2,1-2H3,(H,23,27). The van der Waals surface area contributed by atoms with Crippen molar-refractivity contribution in [2.24, 2.45) is 7.05 Å². The zero-order valence-electron chi connectivity index (χ0n) is 15.4. The van der Waals surface area contributed by atoms with Gasteiger partial charge in [-0.15, -0.1) is 0 Å². The van der Waals surface area contributed by atoms with Crippen LogP contribution in [0.1, 0.15) is 24.5 Å². The van der Waals surface area contributed by atoms with E-state index in [1.54, 1.807) is 12.1 Å². The molecule has 1 N–H and O–H groups in total. The first-order valence-corrected chi connectivity index (χ1v) is 8.72. The Hall–Kier alpha value is -3.10. The lowest BCUT2D eigenvalue weighted by Crippen LogP contribution is -2.25. The van der Waals surface area contributed by atoms with E-state index in [2.05, 4.69) is 10.4 Å². The Labute approximate surface area is 158 Å². The summed E-state index contributed by atoms with van der Waals surface area (Å²) < 4.78 is 41.9. The molecule has 0 bridgehead atoms. The number of pyridine rings is 1. The first-order chi connectivity index (χ1) is 13.2. The number of aryl methyl sites for hydroxylation is 3. The van der Waals surface area contributed by atoms with Crippen LogP contribution in [0.3, 0.4) is 0 Å². The minimum Gasteiger partial charge on any atom is -0.326 e. The SMILES string of the molecule is CCc1ccc(NC(=O)CCn2c(=O)cc(C(F)(F)F)c3cn(C)nc32)cc1. The monoisotopic (exact) mass is 392 g/mol. The van der Waals surface area contributed by atoms with Crippen LogP contribution in [0.4, 0.5) is 18.9 Å². The fraction of sp³-hybridized carbons (Fsp3) is 0.316. The summed E-state index contributed by atoms with van der Waals surface area (Å²) in [5.41, 5.74) is -0.227. The number of anilines is 1. The minimum absolute atomic E-state index is 0.0769. The molecule has 0 fully saturated rings. The minimum atomic E-state index is -4.67. The van der Waals surface area contributed by atoms with Crippen LogP contribution < -0.4 is 10.9 Å². The van der Waals surface area contributed by atoms with E-state index >= 15 is 0 Å². The maximum atomic E-state index is 13.2. The number of carbonyl (C=O) groups is 1. The number of amides is 1. The molecule has 0 radical (unpaired) electrons. The quantitative estimate of drug-likeness (QED) is 0.724. The van der Waals surface area contributed by atoms with Gasteiger partial charge in [0, 0.05) is 43.4 Å². The maximum absolute atomic E-state index is 13.2. The summed E-state index contributed by atoms with van der Waals surface area (Å²) in [7, 11) is 1.47. The van der Waals surface area contributed by atoms with Crippen LogP contribution in [-0.2, 0) is 31.0 Å². The number of hydrogen-bond donors (Lipinski definition) is 1. The number of rotatable bonds is 5. The molecule has 3 rings (SSSR count). The highest BCUT2D eigenvalue weighted by atomic mass is 19.4. The van der Waals surface area contributed by atoms with Gasteiger partial charge in [-0.3, -0.25) is 18.8 Å². The van der Waals surface area contributed by atoms with Gasteiger partial charge in [-0.2, -0.15) is 18.3 Å². The van der Waals surface area contributed by atoms with Crippen molar-refractivity contribution in [3.8, 4) is 0 Å². The fourth-order valence-corrected chi connectivity index (χ4v) is 2.96. The number of carbonyl (C=O) groups excluding carboxylic acids is 1. The van der Waals surface area contributed by atoms with Crippen LogP contribution in [0.2, 0.25) is 0 Å². The number of halogens is 3. The van der Waals surface area contributed by atoms with Gasteiger partial charge < -0.3 is 5.32 Å². The third kappa shape index (κ3) is 4.08. The van der Waals surface area contributed by atoms with Gasteiger partial charge in [0.15, 0.2) is 5.65 Å². The van der Waals surface area contributed by atoms with Gasteiger partial charge in [0.25, 0.3) is 5.56 Å². The molecule has 0 aliphatic heterocycles. The zero-order valence-corrected chi connectivity index (χ0v) is 15.4. The van der Waals surface area contributed by atoms with E-state index in [1.807, 2.05) is 19.1 Å². The molecule has 9 heteroatoms. The fourth-order valence-electron chi connectivity index (χ4n) is 2.96. The summed E-state index contributed by atoms with van der Waals surface area (Å²) in [4.78, 5) is 24.4. The number of nitrogens with zero attached hydrogens (tertiary/aromatic N) is 3. The van der Waals surface area contributed by atoms with Gasteiger partial charge in [0.1, 0.15) is 0 Å². The third-order valence-corrected chi connectivity index (χ3v) is 4.40. The molecule has 3 aromatic rings. The summed E-state index contributed by atoms with van der Waals surface area (Å²) in [6.45, 7) is 1.94. The normalized spacial score (nSPS) is 11.8. The highest BCUT2D eigenvalue weighted by Gasteiger charge is 2.34. The Morgan fingerprint density at radius 1 is 1.21 bits per heavy atom. The lowest BCUT2D eigenvalue weighted by atomic mass is 10.1. The molecule has 148 valence electrons. The van der Waals surface area contributed by atoms with Crippen molar-refractivity contribution in [3.63, 3.8) is 0 Å². The Morgan fingerprint density at radius 3 is 2.50 bits per heavy atom. The predicted molar refractivity (Wildman–Crippen MR) is 99.0 cm³/mol. The summed E-state index contributed by atoms with van der Waals surface area (Å²) >= 11 is 0. The summed E-state index contributed by atoms with van der Waals surface area (Å²) in [6, 6.07) is 7.89. The van der Waals surface area contributed by atoms with Gasteiger partial charge in [-0.1, -0.05) is 19.1 Å². The van der Waals surface area contributed by atoms with E-state index in [0.29, 0.717) is 11.8 Å². The van der Waals surface area contributed by atoms with E-state index < -0.39 is 17.3 Å². The van der Waals surface area contributed by atoms with Crippen molar-refractivity contribution in [2.75, 3.05) is 5.32 Å². The van der Waals surface area contributed by atoms with Crippen molar-refractivity contribution in [2.45, 2.75) is 32.5 Å². The predicted octanol–water partition coefficient (Wildman–Crippen LogP) is 3.35. The summed E-state index contributed by atoms with van der Waals surface area (Å²) in [6.07, 6.45) is -2.65. The lowest BCUT2D eigenvalue weighted by molar-refractivity contribution is -0.136. The highest BCUT2D eigenvalue weighted by Crippen LogP contribution is 2.33. The Balaban J connectivity index is 1.81. The van der Waals surface area contributed by atoms with E-state index in [1.165, 1.54) is 17.9 Å².